The van der Waals surface area contributed by atoms with E-state index in [1.807, 2.05) is 0 Å². The normalized spacial score (nSPS) is 15.5. The zero-order valence-corrected chi connectivity index (χ0v) is 28.8. The van der Waals surface area contributed by atoms with E-state index in [0.717, 1.165) is 6.92 Å². The molecule has 0 unspecified atom stereocenters. The molecule has 1 aromatic heterocycles. The Bertz CT molecular complexity index is 1400. The van der Waals surface area contributed by atoms with Crippen molar-refractivity contribution in [1.29, 1.82) is 0 Å². The first kappa shape index (κ1) is 45.8. The predicted octanol–water partition coefficient (Wildman–Crippen LogP) is -8.37. The lowest BCUT2D eigenvalue weighted by atomic mass is 10.0. The smallest absolute Gasteiger partial charge is 0.328 e. The Kier molecular flexibility index (Phi) is 20.1. The number of rotatable bonds is 25. The Labute approximate surface area is 302 Å². The zero-order chi connectivity index (χ0) is 40.2. The number of imidazole rings is 1. The molecule has 0 saturated carbocycles. The van der Waals surface area contributed by atoms with E-state index in [-0.39, 0.29) is 25.8 Å². The highest BCUT2D eigenvalue weighted by Gasteiger charge is 2.35. The second-order valence-corrected chi connectivity index (χ2v) is 11.8. The highest BCUT2D eigenvalue weighted by atomic mass is 16.4. The number of carbonyl (C=O) groups excluding carboxylic acids is 7. The number of aliphatic carboxylic acids is 1. The maximum absolute atomic E-state index is 13.5. The van der Waals surface area contributed by atoms with Crippen LogP contribution >= 0.6 is 0 Å². The summed E-state index contributed by atoms with van der Waals surface area (Å²) in [6, 6.07) is -11.4. The Morgan fingerprint density at radius 2 is 1.26 bits per heavy atom. The van der Waals surface area contributed by atoms with E-state index in [2.05, 4.69) is 41.9 Å². The van der Waals surface area contributed by atoms with Crippen molar-refractivity contribution in [3.8, 4) is 0 Å². The van der Waals surface area contributed by atoms with Gasteiger partial charge in [0.1, 0.15) is 42.3 Å². The highest BCUT2D eigenvalue weighted by Crippen LogP contribution is 2.07. The van der Waals surface area contributed by atoms with Crippen molar-refractivity contribution < 1.29 is 63.9 Å². The van der Waals surface area contributed by atoms with Gasteiger partial charge in [-0.25, -0.2) is 9.78 Å². The van der Waals surface area contributed by atoms with Crippen molar-refractivity contribution in [3.05, 3.63) is 18.2 Å². The van der Waals surface area contributed by atoms with Crippen LogP contribution in [0.1, 0.15) is 38.3 Å². The molecule has 0 spiro atoms. The molecule has 0 radical (unpaired) electrons. The van der Waals surface area contributed by atoms with Gasteiger partial charge in [0.15, 0.2) is 0 Å². The number of aromatic nitrogens is 2. The summed E-state index contributed by atoms with van der Waals surface area (Å²) in [5.74, 6) is -9.18. The van der Waals surface area contributed by atoms with Gasteiger partial charge in [-0.1, -0.05) is 0 Å². The standard InChI is InChI=1S/C29H49N11O13/c1-13(44)22(40-23(46)15(31)9-41)28(51)38-19(10-42)27(50)37-18(7-21(32)45)26(49)35-16(4-2-3-5-30)24(47)36-17(6-14-8-33-12-34-14)25(48)39-20(11-43)29(52)53/h8,12-13,15-20,22,41-44H,2-7,9-11,30-31H2,1H3,(H2,32,45)(H,33,34)(H,35,49)(H,36,47)(H,37,50)(H,38,51)(H,39,48)(H,40,46)(H,52,53)/t13-,15+,16+,17+,18+,19+,20+,22+/m1/s1. The first-order valence-electron chi connectivity index (χ1n) is 16.3. The van der Waals surface area contributed by atoms with Crippen LogP contribution in [0, 0.1) is 0 Å². The molecular weight excluding hydrogens is 710 g/mol. The van der Waals surface area contributed by atoms with Crippen molar-refractivity contribution in [1.82, 2.24) is 41.9 Å². The van der Waals surface area contributed by atoms with E-state index >= 15 is 0 Å². The fourth-order valence-electron chi connectivity index (χ4n) is 4.48. The quantitative estimate of drug-likeness (QED) is 0.0412. The summed E-state index contributed by atoms with van der Waals surface area (Å²) >= 11 is 0. The van der Waals surface area contributed by atoms with Crippen LogP contribution in [-0.2, 0) is 44.8 Å². The zero-order valence-electron chi connectivity index (χ0n) is 28.8. The minimum absolute atomic E-state index is 0.0828. The molecule has 0 fully saturated rings. The third-order valence-corrected chi connectivity index (χ3v) is 7.44. The topological polar surface area (TPSA) is 417 Å². The number of hydrogen-bond donors (Lipinski definition) is 15. The van der Waals surface area contributed by atoms with Crippen LogP contribution in [0.25, 0.3) is 0 Å². The SMILES string of the molecule is C[C@@H](O)[C@H](NC(=O)[C@@H](N)CO)C(=O)N[C@@H](CO)C(=O)N[C@@H](CC(N)=O)C(=O)N[C@@H](CCCCN)C(=O)N[C@@H](Cc1cnc[nH]1)C(=O)N[C@@H](CO)C(=O)O. The second kappa shape index (κ2) is 23.3. The molecule has 0 aliphatic rings. The number of nitrogens with one attached hydrogen (secondary N) is 7. The van der Waals surface area contributed by atoms with Gasteiger partial charge in [-0.3, -0.25) is 33.6 Å². The van der Waals surface area contributed by atoms with Gasteiger partial charge in [-0.15, -0.1) is 0 Å². The molecule has 18 N–H and O–H groups in total. The van der Waals surface area contributed by atoms with E-state index in [0.29, 0.717) is 12.1 Å². The maximum Gasteiger partial charge on any atom is 0.328 e. The Hall–Kier alpha value is -5.27. The summed E-state index contributed by atoms with van der Waals surface area (Å²) in [6.45, 7) is -1.52. The number of unbranched alkanes of at least 4 members (excludes halogenated alkanes) is 1. The third-order valence-electron chi connectivity index (χ3n) is 7.44. The maximum atomic E-state index is 13.5. The van der Waals surface area contributed by atoms with Gasteiger partial charge in [-0.05, 0) is 32.7 Å². The lowest BCUT2D eigenvalue weighted by molar-refractivity contribution is -0.143. The number of aliphatic hydroxyl groups excluding tert-OH is 4. The van der Waals surface area contributed by atoms with Crippen LogP contribution in [-0.4, -0.2) is 158 Å². The van der Waals surface area contributed by atoms with E-state index in [1.165, 1.54) is 12.5 Å². The van der Waals surface area contributed by atoms with E-state index < -0.39 is 122 Å². The molecule has 7 amide bonds. The molecule has 53 heavy (non-hydrogen) atoms. The van der Waals surface area contributed by atoms with Crippen molar-refractivity contribution >= 4 is 47.3 Å². The monoisotopic (exact) mass is 759 g/mol. The lowest BCUT2D eigenvalue weighted by Gasteiger charge is -2.27. The summed E-state index contributed by atoms with van der Waals surface area (Å²) in [7, 11) is 0. The number of carbonyl (C=O) groups is 8. The molecule has 0 saturated heterocycles. The van der Waals surface area contributed by atoms with Gasteiger partial charge in [0, 0.05) is 18.3 Å². The third kappa shape index (κ3) is 15.9. The largest absolute Gasteiger partial charge is 0.480 e. The number of primary amides is 1. The minimum Gasteiger partial charge on any atom is -0.480 e. The van der Waals surface area contributed by atoms with Crippen molar-refractivity contribution in [3.63, 3.8) is 0 Å². The summed E-state index contributed by atoms with van der Waals surface area (Å²) < 4.78 is 0. The summed E-state index contributed by atoms with van der Waals surface area (Å²) in [5.41, 5.74) is 16.6. The number of hydrogen-bond acceptors (Lipinski definition) is 15. The molecule has 0 aliphatic carbocycles. The number of carboxylic acid groups (broad SMARTS) is 1. The van der Waals surface area contributed by atoms with Crippen molar-refractivity contribution in [2.75, 3.05) is 26.4 Å². The van der Waals surface area contributed by atoms with E-state index in [1.54, 1.807) is 0 Å². The van der Waals surface area contributed by atoms with Crippen LogP contribution in [0.3, 0.4) is 0 Å². The van der Waals surface area contributed by atoms with E-state index in [4.69, 9.17) is 22.3 Å². The van der Waals surface area contributed by atoms with E-state index in [9.17, 15) is 58.8 Å². The number of nitrogens with zero attached hydrogens (tertiary/aromatic N) is 1. The average molecular weight is 760 g/mol. The summed E-state index contributed by atoms with van der Waals surface area (Å²) in [4.78, 5) is 108. The van der Waals surface area contributed by atoms with Gasteiger partial charge in [-0.2, -0.15) is 0 Å². The van der Waals surface area contributed by atoms with Gasteiger partial charge in [0.05, 0.1) is 38.7 Å². The Balaban J connectivity index is 3.25. The van der Waals surface area contributed by atoms with Crippen LogP contribution in [0.2, 0.25) is 0 Å². The first-order valence-corrected chi connectivity index (χ1v) is 16.3. The molecule has 0 aliphatic heterocycles. The van der Waals surface area contributed by atoms with Crippen LogP contribution < -0.4 is 49.1 Å². The van der Waals surface area contributed by atoms with Crippen molar-refractivity contribution in [2.45, 2.75) is 87.4 Å². The predicted molar refractivity (Wildman–Crippen MR) is 179 cm³/mol. The van der Waals surface area contributed by atoms with Gasteiger partial charge in [0.2, 0.25) is 41.4 Å². The highest BCUT2D eigenvalue weighted by molar-refractivity contribution is 5.98. The fourth-order valence-corrected chi connectivity index (χ4v) is 4.48. The lowest BCUT2D eigenvalue weighted by Crippen LogP contribution is -2.62. The molecule has 1 heterocycles. The number of aromatic amines is 1. The summed E-state index contributed by atoms with van der Waals surface area (Å²) in [6.07, 6.45) is 0.549. The van der Waals surface area contributed by atoms with Crippen LogP contribution in [0.5, 0.6) is 0 Å². The number of nitrogens with two attached hydrogens (primary N) is 3. The molecule has 24 heteroatoms. The number of H-pyrrole nitrogens is 1. The molecule has 0 bridgehead atoms. The fraction of sp³-hybridized carbons (Fsp3) is 0.621. The molecule has 298 valence electrons. The number of aliphatic hydroxyl groups is 4. The number of carboxylic acids is 1. The second-order valence-electron chi connectivity index (χ2n) is 11.8. The van der Waals surface area contributed by atoms with Gasteiger partial charge < -0.3 is 79.6 Å². The number of amides is 7. The van der Waals surface area contributed by atoms with Gasteiger partial charge >= 0.3 is 5.97 Å². The molecule has 0 aromatic carbocycles. The molecular formula is C29H49N11O13. The van der Waals surface area contributed by atoms with Gasteiger partial charge in [0.25, 0.3) is 0 Å². The molecule has 1 aromatic rings. The Morgan fingerprint density at radius 3 is 1.77 bits per heavy atom. The Morgan fingerprint density at radius 1 is 0.736 bits per heavy atom. The molecule has 8 atom stereocenters. The summed E-state index contributed by atoms with van der Waals surface area (Å²) in [5, 5.41) is 60.7. The average Bonchev–Trinajstić information content (AvgIpc) is 3.62. The van der Waals surface area contributed by atoms with Crippen LogP contribution in [0.15, 0.2) is 12.5 Å². The van der Waals surface area contributed by atoms with Crippen LogP contribution in [0.4, 0.5) is 0 Å². The first-order chi connectivity index (χ1) is 25.0. The minimum atomic E-state index is -1.82. The molecule has 1 rings (SSSR count). The van der Waals surface area contributed by atoms with Crippen molar-refractivity contribution in [2.24, 2.45) is 17.2 Å². The molecule has 24 nitrogen and oxygen atoms in total.